The minimum Gasteiger partial charge on any atom is -0.307 e. The molecule has 0 radical (unpaired) electrons. The Hall–Kier alpha value is -3.64. The molecule has 9 heteroatoms. The van der Waals surface area contributed by atoms with Crippen LogP contribution in [0.25, 0.3) is 0 Å². The summed E-state index contributed by atoms with van der Waals surface area (Å²) in [6.07, 6.45) is 0.278. The summed E-state index contributed by atoms with van der Waals surface area (Å²) in [4.78, 5) is 12.8. The summed E-state index contributed by atoms with van der Waals surface area (Å²) in [6, 6.07) is 16.7. The Morgan fingerprint density at radius 3 is 2.39 bits per heavy atom. The smallest absolute Gasteiger partial charge is 0.264 e. The Balaban J connectivity index is 1.76. The van der Waals surface area contributed by atoms with E-state index in [1.807, 2.05) is 6.92 Å². The number of nitrogens with one attached hydrogen (secondary N) is 1. The van der Waals surface area contributed by atoms with E-state index in [-0.39, 0.29) is 17.2 Å². The predicted molar refractivity (Wildman–Crippen MR) is 118 cm³/mol. The van der Waals surface area contributed by atoms with Crippen LogP contribution in [-0.2, 0) is 16.6 Å². The maximum Gasteiger partial charge on any atom is 0.264 e. The number of rotatable bonds is 7. The molecule has 1 aromatic heterocycles. The lowest BCUT2D eigenvalue weighted by atomic mass is 10.2. The Labute approximate surface area is 181 Å². The van der Waals surface area contributed by atoms with Crippen LogP contribution in [0.4, 0.5) is 11.5 Å². The van der Waals surface area contributed by atoms with E-state index in [1.54, 1.807) is 66.2 Å². The van der Waals surface area contributed by atoms with Crippen LogP contribution in [0.1, 0.15) is 28.0 Å². The Morgan fingerprint density at radius 1 is 1.13 bits per heavy atom. The number of hydrogen-bond donors (Lipinski definition) is 1. The second kappa shape index (κ2) is 9.02. The van der Waals surface area contributed by atoms with Gasteiger partial charge in [-0.15, -0.1) is 0 Å². The standard InChI is InChI=1S/C22H23N5O3S/c1-16-5-11-20(12-6-16)31(29,30)26(3)19-9-7-18(8-10-19)22(28)24-21-15-17(2)25-27(21)14-4-13-23/h5-12,15H,4,14H2,1-3H3,(H,24,28). The molecule has 0 unspecified atom stereocenters. The minimum absolute atomic E-state index is 0.198. The highest BCUT2D eigenvalue weighted by atomic mass is 32.2. The summed E-state index contributed by atoms with van der Waals surface area (Å²) in [7, 11) is -2.23. The summed E-state index contributed by atoms with van der Waals surface area (Å²) in [5.41, 5.74) is 2.51. The molecule has 0 saturated carbocycles. The second-order valence-electron chi connectivity index (χ2n) is 7.09. The Bertz CT molecular complexity index is 1220. The molecule has 0 bridgehead atoms. The zero-order valence-electron chi connectivity index (χ0n) is 17.5. The molecule has 2 aromatic carbocycles. The first kappa shape index (κ1) is 22.1. The number of carbonyl (C=O) groups excluding carboxylic acids is 1. The third-order valence-corrected chi connectivity index (χ3v) is 6.55. The van der Waals surface area contributed by atoms with Gasteiger partial charge in [0.1, 0.15) is 5.82 Å². The number of nitriles is 1. The number of nitrogens with zero attached hydrogens (tertiary/aromatic N) is 4. The molecule has 1 N–H and O–H groups in total. The Morgan fingerprint density at radius 2 is 1.77 bits per heavy atom. The first-order valence-corrected chi connectivity index (χ1v) is 11.0. The number of carbonyl (C=O) groups is 1. The highest BCUT2D eigenvalue weighted by molar-refractivity contribution is 7.92. The highest BCUT2D eigenvalue weighted by Crippen LogP contribution is 2.23. The fourth-order valence-corrected chi connectivity index (χ4v) is 4.19. The highest BCUT2D eigenvalue weighted by Gasteiger charge is 2.21. The first-order valence-electron chi connectivity index (χ1n) is 9.61. The molecule has 0 saturated heterocycles. The molecule has 160 valence electrons. The van der Waals surface area contributed by atoms with Crippen molar-refractivity contribution in [1.82, 2.24) is 9.78 Å². The van der Waals surface area contributed by atoms with E-state index in [1.165, 1.54) is 11.4 Å². The van der Waals surface area contributed by atoms with Crippen molar-refractivity contribution in [3.63, 3.8) is 0 Å². The number of benzene rings is 2. The number of anilines is 2. The Kier molecular flexibility index (Phi) is 6.42. The van der Waals surface area contributed by atoms with E-state index < -0.39 is 10.0 Å². The van der Waals surface area contributed by atoms with Crippen molar-refractivity contribution in [1.29, 1.82) is 5.26 Å². The quantitative estimate of drug-likeness (QED) is 0.609. The van der Waals surface area contributed by atoms with Crippen LogP contribution in [0, 0.1) is 25.2 Å². The van der Waals surface area contributed by atoms with Crippen molar-refractivity contribution in [3.8, 4) is 6.07 Å². The fraction of sp³-hybridized carbons (Fsp3) is 0.227. The van der Waals surface area contributed by atoms with Gasteiger partial charge in [0.2, 0.25) is 0 Å². The number of amides is 1. The van der Waals surface area contributed by atoms with Crippen LogP contribution < -0.4 is 9.62 Å². The van der Waals surface area contributed by atoms with Crippen molar-refractivity contribution in [2.24, 2.45) is 0 Å². The van der Waals surface area contributed by atoms with Crippen molar-refractivity contribution in [2.45, 2.75) is 31.7 Å². The monoisotopic (exact) mass is 437 g/mol. The van der Waals surface area contributed by atoms with E-state index in [0.29, 0.717) is 23.6 Å². The van der Waals surface area contributed by atoms with Gasteiger partial charge in [-0.2, -0.15) is 10.4 Å². The lowest BCUT2D eigenvalue weighted by Crippen LogP contribution is -2.26. The van der Waals surface area contributed by atoms with Crippen LogP contribution in [0.2, 0.25) is 0 Å². The molecule has 0 aliphatic rings. The molecule has 0 atom stereocenters. The zero-order valence-corrected chi connectivity index (χ0v) is 18.3. The van der Waals surface area contributed by atoms with Gasteiger partial charge < -0.3 is 5.32 Å². The van der Waals surface area contributed by atoms with E-state index in [2.05, 4.69) is 16.5 Å². The summed E-state index contributed by atoms with van der Waals surface area (Å²) >= 11 is 0. The molecule has 3 aromatic rings. The third kappa shape index (κ3) is 4.92. The van der Waals surface area contributed by atoms with Gasteiger partial charge >= 0.3 is 0 Å². The third-order valence-electron chi connectivity index (χ3n) is 4.75. The van der Waals surface area contributed by atoms with Crippen LogP contribution in [-0.4, -0.2) is 31.2 Å². The molecule has 0 aliphatic heterocycles. The summed E-state index contributed by atoms with van der Waals surface area (Å²) in [5.74, 6) is 0.148. The lowest BCUT2D eigenvalue weighted by Gasteiger charge is -2.20. The maximum absolute atomic E-state index is 12.8. The molecule has 0 aliphatic carbocycles. The van der Waals surface area contributed by atoms with Crippen molar-refractivity contribution in [2.75, 3.05) is 16.7 Å². The van der Waals surface area contributed by atoms with Gasteiger partial charge in [-0.05, 0) is 50.2 Å². The minimum atomic E-state index is -3.71. The molecule has 0 fully saturated rings. The number of aryl methyl sites for hydroxylation is 3. The molecule has 1 amide bonds. The summed E-state index contributed by atoms with van der Waals surface area (Å²) < 4.78 is 28.4. The van der Waals surface area contributed by atoms with Crippen LogP contribution in [0.15, 0.2) is 59.5 Å². The number of hydrogen-bond acceptors (Lipinski definition) is 5. The maximum atomic E-state index is 12.8. The topological polar surface area (TPSA) is 108 Å². The molecule has 3 rings (SSSR count). The number of sulfonamides is 1. The first-order chi connectivity index (χ1) is 14.7. The van der Waals surface area contributed by atoms with Gasteiger partial charge in [0.15, 0.2) is 0 Å². The second-order valence-corrected chi connectivity index (χ2v) is 9.06. The van der Waals surface area contributed by atoms with E-state index >= 15 is 0 Å². The van der Waals surface area contributed by atoms with E-state index in [0.717, 1.165) is 11.3 Å². The normalized spacial score (nSPS) is 11.0. The van der Waals surface area contributed by atoms with Crippen molar-refractivity contribution >= 4 is 27.4 Å². The van der Waals surface area contributed by atoms with Crippen molar-refractivity contribution in [3.05, 3.63) is 71.4 Å². The van der Waals surface area contributed by atoms with Crippen LogP contribution in [0.5, 0.6) is 0 Å². The molecule has 1 heterocycles. The average molecular weight is 438 g/mol. The van der Waals surface area contributed by atoms with Gasteiger partial charge in [0, 0.05) is 18.7 Å². The van der Waals surface area contributed by atoms with E-state index in [9.17, 15) is 13.2 Å². The summed E-state index contributed by atoms with van der Waals surface area (Å²) in [5, 5.41) is 15.8. The fourth-order valence-electron chi connectivity index (χ4n) is 2.99. The van der Waals surface area contributed by atoms with Crippen LogP contribution in [0.3, 0.4) is 0 Å². The molecule has 0 spiro atoms. The lowest BCUT2D eigenvalue weighted by molar-refractivity contribution is 0.102. The molecule has 31 heavy (non-hydrogen) atoms. The van der Waals surface area contributed by atoms with Gasteiger partial charge in [-0.3, -0.25) is 9.10 Å². The average Bonchev–Trinajstić information content (AvgIpc) is 3.10. The largest absolute Gasteiger partial charge is 0.307 e. The predicted octanol–water partition coefficient (Wildman–Crippen LogP) is 3.49. The van der Waals surface area contributed by atoms with Gasteiger partial charge in [-0.1, -0.05) is 17.7 Å². The molecular formula is C22H23N5O3S. The van der Waals surface area contributed by atoms with Crippen molar-refractivity contribution < 1.29 is 13.2 Å². The zero-order chi connectivity index (χ0) is 22.6. The number of aromatic nitrogens is 2. The van der Waals surface area contributed by atoms with E-state index in [4.69, 9.17) is 5.26 Å². The van der Waals surface area contributed by atoms with Gasteiger partial charge in [0.05, 0.1) is 35.3 Å². The molecule has 8 nitrogen and oxygen atoms in total. The molecular weight excluding hydrogens is 414 g/mol. The summed E-state index contributed by atoms with van der Waals surface area (Å²) in [6.45, 7) is 4.07. The van der Waals surface area contributed by atoms with Crippen LogP contribution >= 0.6 is 0 Å². The van der Waals surface area contributed by atoms with Gasteiger partial charge in [0.25, 0.3) is 15.9 Å². The van der Waals surface area contributed by atoms with Gasteiger partial charge in [-0.25, -0.2) is 13.1 Å². The SMILES string of the molecule is Cc1ccc(S(=O)(=O)N(C)c2ccc(C(=O)Nc3cc(C)nn3CCC#N)cc2)cc1.